The first kappa shape index (κ1) is 18.4. The summed E-state index contributed by atoms with van der Waals surface area (Å²) in [6, 6.07) is 7.83. The predicted molar refractivity (Wildman–Crippen MR) is 94.2 cm³/mol. The molecule has 1 aliphatic heterocycles. The maximum Gasteiger partial charge on any atom is 0.338 e. The van der Waals surface area contributed by atoms with Gasteiger partial charge in [-0.15, -0.1) is 0 Å². The zero-order chi connectivity index (χ0) is 19.4. The van der Waals surface area contributed by atoms with Crippen LogP contribution in [0.4, 0.5) is 0 Å². The van der Waals surface area contributed by atoms with Gasteiger partial charge in [0.15, 0.2) is 0 Å². The van der Waals surface area contributed by atoms with Crippen molar-refractivity contribution >= 4 is 5.97 Å². The van der Waals surface area contributed by atoms with E-state index in [0.29, 0.717) is 11.1 Å². The third-order valence-corrected chi connectivity index (χ3v) is 4.25. The fourth-order valence-electron chi connectivity index (χ4n) is 2.84. The summed E-state index contributed by atoms with van der Waals surface area (Å²) in [6.45, 7) is 1.43. The molecule has 1 N–H and O–H groups in total. The summed E-state index contributed by atoms with van der Waals surface area (Å²) >= 11 is 0. The molecule has 0 amide bonds. The van der Waals surface area contributed by atoms with Gasteiger partial charge in [-0.2, -0.15) is 0 Å². The Morgan fingerprint density at radius 2 is 2.15 bits per heavy atom. The van der Waals surface area contributed by atoms with Crippen LogP contribution in [-0.4, -0.2) is 34.3 Å². The third kappa shape index (κ3) is 4.08. The van der Waals surface area contributed by atoms with Crippen LogP contribution in [0.5, 0.6) is 0 Å². The number of benzene rings is 1. The van der Waals surface area contributed by atoms with Crippen molar-refractivity contribution in [3.8, 4) is 0 Å². The fourth-order valence-corrected chi connectivity index (χ4v) is 2.84. The molecule has 0 spiro atoms. The van der Waals surface area contributed by atoms with Gasteiger partial charge in [-0.1, -0.05) is 23.3 Å². The van der Waals surface area contributed by atoms with Gasteiger partial charge in [0, 0.05) is 23.1 Å². The van der Waals surface area contributed by atoms with E-state index in [-0.39, 0.29) is 13.0 Å². The minimum atomic E-state index is -0.746. The molecule has 140 valence electrons. The number of H-pyrrole nitrogens is 1. The molecule has 0 saturated carbocycles. The number of hydrogen-bond acceptors (Lipinski definition) is 6. The number of carbonyl (C=O) groups is 1. The quantitative estimate of drug-likeness (QED) is 0.368. The van der Waals surface area contributed by atoms with E-state index in [1.807, 2.05) is 0 Å². The molecule has 1 saturated heterocycles. The van der Waals surface area contributed by atoms with Gasteiger partial charge in [0.1, 0.15) is 18.9 Å². The van der Waals surface area contributed by atoms with Crippen molar-refractivity contribution in [2.75, 3.05) is 6.61 Å². The summed E-state index contributed by atoms with van der Waals surface area (Å²) in [6.07, 6.45) is 0.141. The second-order valence-electron chi connectivity index (χ2n) is 6.08. The summed E-state index contributed by atoms with van der Waals surface area (Å²) < 4.78 is 12.3. The highest BCUT2D eigenvalue weighted by atomic mass is 16.6. The molecule has 1 fully saturated rings. The molecule has 3 atom stereocenters. The molecule has 1 aromatic carbocycles. The lowest BCUT2D eigenvalue weighted by atomic mass is 10.1. The third-order valence-electron chi connectivity index (χ3n) is 4.25. The highest BCUT2D eigenvalue weighted by Gasteiger charge is 2.37. The summed E-state index contributed by atoms with van der Waals surface area (Å²) in [7, 11) is 0. The van der Waals surface area contributed by atoms with Crippen LogP contribution in [0.3, 0.4) is 0 Å². The number of aromatic nitrogens is 2. The number of carbonyl (C=O) groups excluding carboxylic acids is 1. The standard InChI is InChI=1S/C17H17N5O5/c1-10-8-22(17(25)19-15(10)23)14-7-12(20-21-18)13(27-14)9-26-16(24)11-5-3-2-4-6-11/h2-6,8,12-14H,7,9H2,1H3,(H,19,23,25)/t12-,13+,14+/m0/s1. The molecule has 1 aromatic heterocycles. The van der Waals surface area contributed by atoms with E-state index in [1.54, 1.807) is 37.3 Å². The monoisotopic (exact) mass is 371 g/mol. The molecule has 10 heteroatoms. The molecule has 27 heavy (non-hydrogen) atoms. The average Bonchev–Trinajstić information content (AvgIpc) is 3.06. The van der Waals surface area contributed by atoms with Gasteiger partial charge in [-0.25, -0.2) is 9.59 Å². The molecule has 10 nitrogen and oxygen atoms in total. The highest BCUT2D eigenvalue weighted by molar-refractivity contribution is 5.89. The maximum absolute atomic E-state index is 12.1. The van der Waals surface area contributed by atoms with Crippen molar-refractivity contribution in [2.24, 2.45) is 5.11 Å². The zero-order valence-electron chi connectivity index (χ0n) is 14.4. The molecule has 0 unspecified atom stereocenters. The second kappa shape index (κ2) is 7.90. The molecule has 2 heterocycles. The van der Waals surface area contributed by atoms with Crippen LogP contribution >= 0.6 is 0 Å². The predicted octanol–water partition coefficient (Wildman–Crippen LogP) is 1.67. The van der Waals surface area contributed by atoms with Gasteiger partial charge in [-0.3, -0.25) is 14.3 Å². The topological polar surface area (TPSA) is 139 Å². The number of esters is 1. The van der Waals surface area contributed by atoms with Crippen molar-refractivity contribution < 1.29 is 14.3 Å². The van der Waals surface area contributed by atoms with Gasteiger partial charge in [0.2, 0.25) is 0 Å². The molecule has 3 rings (SSSR count). The van der Waals surface area contributed by atoms with E-state index < -0.39 is 35.6 Å². The van der Waals surface area contributed by atoms with Gasteiger partial charge in [-0.05, 0) is 24.6 Å². The molecular formula is C17H17N5O5. The van der Waals surface area contributed by atoms with Crippen molar-refractivity contribution in [3.63, 3.8) is 0 Å². The Morgan fingerprint density at radius 1 is 1.41 bits per heavy atom. The van der Waals surface area contributed by atoms with Crippen LogP contribution < -0.4 is 11.2 Å². The van der Waals surface area contributed by atoms with Gasteiger partial charge in [0.05, 0.1) is 11.6 Å². The van der Waals surface area contributed by atoms with Crippen molar-refractivity contribution in [1.82, 2.24) is 9.55 Å². The zero-order valence-corrected chi connectivity index (χ0v) is 14.4. The lowest BCUT2D eigenvalue weighted by Gasteiger charge is -2.16. The Balaban J connectivity index is 1.74. The van der Waals surface area contributed by atoms with E-state index >= 15 is 0 Å². The Bertz CT molecular complexity index is 993. The Hall–Kier alpha value is -3.36. The molecule has 1 aliphatic rings. The number of nitrogens with one attached hydrogen (secondary N) is 1. The first-order valence-electron chi connectivity index (χ1n) is 8.23. The van der Waals surface area contributed by atoms with Crippen LogP contribution in [0.25, 0.3) is 10.4 Å². The number of azide groups is 1. The lowest BCUT2D eigenvalue weighted by molar-refractivity contribution is -0.0363. The Morgan fingerprint density at radius 3 is 2.85 bits per heavy atom. The number of rotatable bonds is 5. The van der Waals surface area contributed by atoms with E-state index in [4.69, 9.17) is 15.0 Å². The van der Waals surface area contributed by atoms with Gasteiger partial charge >= 0.3 is 11.7 Å². The van der Waals surface area contributed by atoms with E-state index in [2.05, 4.69) is 15.0 Å². The van der Waals surface area contributed by atoms with Crippen molar-refractivity contribution in [2.45, 2.75) is 31.7 Å². The summed E-state index contributed by atoms with van der Waals surface area (Å²) in [5, 5.41) is 3.68. The second-order valence-corrected chi connectivity index (χ2v) is 6.08. The van der Waals surface area contributed by atoms with Gasteiger partial charge < -0.3 is 9.47 Å². The minimum Gasteiger partial charge on any atom is -0.459 e. The van der Waals surface area contributed by atoms with Crippen LogP contribution in [0.2, 0.25) is 0 Å². The number of nitrogens with zero attached hydrogens (tertiary/aromatic N) is 4. The van der Waals surface area contributed by atoms with Crippen molar-refractivity contribution in [1.29, 1.82) is 0 Å². The van der Waals surface area contributed by atoms with E-state index in [1.165, 1.54) is 10.8 Å². The van der Waals surface area contributed by atoms with Crippen molar-refractivity contribution in [3.05, 3.63) is 78.9 Å². The highest BCUT2D eigenvalue weighted by Crippen LogP contribution is 2.30. The van der Waals surface area contributed by atoms with E-state index in [9.17, 15) is 14.4 Å². The summed E-state index contributed by atoms with van der Waals surface area (Å²) in [5.74, 6) is -0.528. The summed E-state index contributed by atoms with van der Waals surface area (Å²) in [4.78, 5) is 40.6. The van der Waals surface area contributed by atoms with Crippen LogP contribution in [-0.2, 0) is 9.47 Å². The number of hydrogen-bond donors (Lipinski definition) is 1. The molecule has 0 radical (unpaired) electrons. The number of ether oxygens (including phenoxy) is 2. The molecule has 0 aliphatic carbocycles. The minimum absolute atomic E-state index is 0.134. The molecule has 2 aromatic rings. The Kier molecular flexibility index (Phi) is 5.39. The smallest absolute Gasteiger partial charge is 0.338 e. The largest absolute Gasteiger partial charge is 0.459 e. The number of aromatic amines is 1. The average molecular weight is 371 g/mol. The SMILES string of the molecule is Cc1cn([C@H]2C[C@H](N=[N+]=[N-])[C@@H](COC(=O)c3ccccc3)O2)c(=O)[nH]c1=O. The normalized spacial score (nSPS) is 21.4. The molecular weight excluding hydrogens is 354 g/mol. The lowest BCUT2D eigenvalue weighted by Crippen LogP contribution is -2.33. The summed E-state index contributed by atoms with van der Waals surface area (Å²) in [5.41, 5.74) is 8.40. The molecule has 0 bridgehead atoms. The maximum atomic E-state index is 12.1. The Labute approximate surface area is 153 Å². The van der Waals surface area contributed by atoms with E-state index in [0.717, 1.165) is 0 Å². The first-order valence-corrected chi connectivity index (χ1v) is 8.23. The van der Waals surface area contributed by atoms with Gasteiger partial charge in [0.25, 0.3) is 5.56 Å². The first-order chi connectivity index (χ1) is 13.0. The number of aryl methyl sites for hydroxylation is 1. The fraction of sp³-hybridized carbons (Fsp3) is 0.353. The van der Waals surface area contributed by atoms with Crippen LogP contribution in [0.15, 0.2) is 51.2 Å². The van der Waals surface area contributed by atoms with Crippen LogP contribution in [0, 0.1) is 6.92 Å². The van der Waals surface area contributed by atoms with Crippen LogP contribution in [0.1, 0.15) is 28.6 Å².